The summed E-state index contributed by atoms with van der Waals surface area (Å²) in [6.07, 6.45) is 0. The monoisotopic (exact) mass is 333 g/mol. The molecular formula is C17H19NO4S. The molecule has 2 N–H and O–H groups in total. The van der Waals surface area contributed by atoms with Gasteiger partial charge < -0.3 is 9.92 Å². The fourth-order valence-electron chi connectivity index (χ4n) is 2.03. The Morgan fingerprint density at radius 1 is 1.00 bits per heavy atom. The van der Waals surface area contributed by atoms with E-state index in [-0.39, 0.29) is 21.6 Å². The molecule has 0 bridgehead atoms. The van der Waals surface area contributed by atoms with Gasteiger partial charge in [-0.25, -0.2) is 0 Å². The molecule has 0 saturated carbocycles. The summed E-state index contributed by atoms with van der Waals surface area (Å²) in [6.45, 7) is 6.11. The van der Waals surface area contributed by atoms with Crippen molar-refractivity contribution in [3.8, 4) is 5.75 Å². The molecule has 6 heteroatoms. The molecule has 2 rings (SSSR count). The van der Waals surface area contributed by atoms with E-state index in [0.29, 0.717) is 0 Å². The molecule has 2 aromatic carbocycles. The predicted octanol–water partition coefficient (Wildman–Crippen LogP) is 2.85. The molecule has 0 fully saturated rings. The molecule has 0 radical (unpaired) electrons. The minimum atomic E-state index is -4.04. The quantitative estimate of drug-likeness (QED) is 0.872. The zero-order chi connectivity index (χ0) is 17.3. The molecule has 0 atom stereocenters. The lowest BCUT2D eigenvalue weighted by molar-refractivity contribution is 0.0999. The van der Waals surface area contributed by atoms with Gasteiger partial charge in [-0.1, -0.05) is 45.0 Å². The van der Waals surface area contributed by atoms with Gasteiger partial charge in [0.15, 0.2) is 5.75 Å². The molecule has 0 heterocycles. The van der Waals surface area contributed by atoms with Crippen LogP contribution in [0.15, 0.2) is 53.4 Å². The molecule has 0 aliphatic rings. The first kappa shape index (κ1) is 17.0. The van der Waals surface area contributed by atoms with Crippen LogP contribution in [0.3, 0.4) is 0 Å². The van der Waals surface area contributed by atoms with Crippen LogP contribution < -0.4 is 9.92 Å². The number of hydrogen-bond acceptors (Lipinski definition) is 4. The molecule has 2 aromatic rings. The largest absolute Gasteiger partial charge is 0.378 e. The molecule has 0 aliphatic heterocycles. The van der Waals surface area contributed by atoms with Gasteiger partial charge in [0.2, 0.25) is 0 Å². The van der Waals surface area contributed by atoms with Crippen molar-refractivity contribution in [1.29, 1.82) is 0 Å². The van der Waals surface area contributed by atoms with Crippen LogP contribution >= 0.6 is 0 Å². The van der Waals surface area contributed by atoms with Crippen LogP contribution in [0.4, 0.5) is 0 Å². The van der Waals surface area contributed by atoms with Crippen LogP contribution in [0.5, 0.6) is 5.75 Å². The lowest BCUT2D eigenvalue weighted by atomic mass is 9.87. The Hall–Kier alpha value is -2.34. The van der Waals surface area contributed by atoms with Crippen molar-refractivity contribution < 1.29 is 17.4 Å². The highest BCUT2D eigenvalue weighted by Gasteiger charge is 2.21. The molecule has 1 amide bonds. The highest BCUT2D eigenvalue weighted by atomic mass is 32.2. The average molecular weight is 333 g/mol. The summed E-state index contributed by atoms with van der Waals surface area (Å²) >= 11 is 0. The normalized spacial score (nSPS) is 12.0. The second-order valence-electron chi connectivity index (χ2n) is 6.17. The number of para-hydroxylation sites is 1. The van der Waals surface area contributed by atoms with Gasteiger partial charge in [-0.15, -0.1) is 0 Å². The zero-order valence-corrected chi connectivity index (χ0v) is 14.1. The molecule has 5 nitrogen and oxygen atoms in total. The van der Waals surface area contributed by atoms with E-state index >= 15 is 0 Å². The molecule has 0 saturated heterocycles. The molecular weight excluding hydrogens is 314 g/mol. The number of carbonyl (C=O) groups is 1. The van der Waals surface area contributed by atoms with Gasteiger partial charge in [0.1, 0.15) is 4.90 Å². The van der Waals surface area contributed by atoms with Gasteiger partial charge in [0, 0.05) is 0 Å². The van der Waals surface area contributed by atoms with Crippen LogP contribution in [0.25, 0.3) is 0 Å². The number of nitrogens with two attached hydrogens (primary N) is 1. The predicted molar refractivity (Wildman–Crippen MR) is 87.9 cm³/mol. The third-order valence-electron chi connectivity index (χ3n) is 3.36. The number of carbonyl (C=O) groups excluding carboxylic acids is 1. The van der Waals surface area contributed by atoms with Crippen molar-refractivity contribution >= 4 is 16.0 Å². The highest BCUT2D eigenvalue weighted by Crippen LogP contribution is 2.26. The second-order valence-corrected chi connectivity index (χ2v) is 7.72. The smallest absolute Gasteiger partial charge is 0.339 e. The summed E-state index contributed by atoms with van der Waals surface area (Å²) in [5.41, 5.74) is 6.17. The Bertz CT molecular complexity index is 818. The maximum Gasteiger partial charge on any atom is 0.339 e. The summed E-state index contributed by atoms with van der Waals surface area (Å²) in [4.78, 5) is 11.4. The first-order valence-corrected chi connectivity index (χ1v) is 8.46. The highest BCUT2D eigenvalue weighted by molar-refractivity contribution is 7.87. The Labute approximate surface area is 136 Å². The third-order valence-corrected chi connectivity index (χ3v) is 4.61. The van der Waals surface area contributed by atoms with Gasteiger partial charge in [-0.05, 0) is 35.2 Å². The van der Waals surface area contributed by atoms with Crippen molar-refractivity contribution in [2.24, 2.45) is 5.73 Å². The Morgan fingerprint density at radius 3 is 2.09 bits per heavy atom. The minimum absolute atomic E-state index is 0.0161. The van der Waals surface area contributed by atoms with Crippen molar-refractivity contribution in [2.75, 3.05) is 0 Å². The topological polar surface area (TPSA) is 86.5 Å². The lowest BCUT2D eigenvalue weighted by Crippen LogP contribution is -2.16. The molecule has 0 spiro atoms. The van der Waals surface area contributed by atoms with Gasteiger partial charge in [0.05, 0.1) is 5.56 Å². The van der Waals surface area contributed by atoms with Crippen molar-refractivity contribution in [3.05, 3.63) is 59.7 Å². The van der Waals surface area contributed by atoms with Crippen LogP contribution in [-0.2, 0) is 15.5 Å². The lowest BCUT2D eigenvalue weighted by Gasteiger charge is -2.19. The van der Waals surface area contributed by atoms with Crippen molar-refractivity contribution in [3.63, 3.8) is 0 Å². The number of rotatable bonds is 4. The summed E-state index contributed by atoms with van der Waals surface area (Å²) in [5.74, 6) is -0.834. The molecule has 122 valence electrons. The fourth-order valence-corrected chi connectivity index (χ4v) is 2.98. The number of hydrogen-bond donors (Lipinski definition) is 1. The minimum Gasteiger partial charge on any atom is -0.378 e. The zero-order valence-electron chi connectivity index (χ0n) is 13.2. The van der Waals surface area contributed by atoms with E-state index in [4.69, 9.17) is 9.92 Å². The van der Waals surface area contributed by atoms with Crippen LogP contribution in [0.1, 0.15) is 36.7 Å². The maximum atomic E-state index is 12.4. The number of benzene rings is 2. The maximum absolute atomic E-state index is 12.4. The van der Waals surface area contributed by atoms with Crippen LogP contribution in [0.2, 0.25) is 0 Å². The van der Waals surface area contributed by atoms with Gasteiger partial charge in [-0.3, -0.25) is 4.79 Å². The summed E-state index contributed by atoms with van der Waals surface area (Å²) in [5, 5.41) is 0. The first-order valence-electron chi connectivity index (χ1n) is 7.05. The van der Waals surface area contributed by atoms with Crippen molar-refractivity contribution in [2.45, 2.75) is 31.1 Å². The second kappa shape index (κ2) is 6.04. The van der Waals surface area contributed by atoms with Crippen molar-refractivity contribution in [1.82, 2.24) is 0 Å². The fraction of sp³-hybridized carbons (Fsp3) is 0.235. The molecule has 0 aromatic heterocycles. The van der Waals surface area contributed by atoms with Gasteiger partial charge >= 0.3 is 10.1 Å². The first-order chi connectivity index (χ1) is 10.6. The summed E-state index contributed by atoms with van der Waals surface area (Å²) in [7, 11) is -4.04. The van der Waals surface area contributed by atoms with Gasteiger partial charge in [-0.2, -0.15) is 8.42 Å². The molecule has 0 aliphatic carbocycles. The standard InChI is InChI=1S/C17H19NO4S/c1-17(2,3)12-8-10-13(11-9-12)23(20,21)22-15-7-5-4-6-14(15)16(18)19/h4-11H,1-3H3,(H2,18,19). The third kappa shape index (κ3) is 3.90. The van der Waals surface area contributed by atoms with E-state index in [1.165, 1.54) is 24.3 Å². The number of amides is 1. The molecule has 23 heavy (non-hydrogen) atoms. The van der Waals surface area contributed by atoms with E-state index in [1.807, 2.05) is 20.8 Å². The van der Waals surface area contributed by atoms with E-state index in [9.17, 15) is 13.2 Å². The van der Waals surface area contributed by atoms with Gasteiger partial charge in [0.25, 0.3) is 5.91 Å². The van der Waals surface area contributed by atoms with Crippen LogP contribution in [-0.4, -0.2) is 14.3 Å². The summed E-state index contributed by atoms with van der Waals surface area (Å²) in [6, 6.07) is 12.4. The summed E-state index contributed by atoms with van der Waals surface area (Å²) < 4.78 is 29.8. The Morgan fingerprint density at radius 2 is 1.57 bits per heavy atom. The van der Waals surface area contributed by atoms with E-state index < -0.39 is 16.0 Å². The van der Waals surface area contributed by atoms with E-state index in [0.717, 1.165) is 5.56 Å². The van der Waals surface area contributed by atoms with E-state index in [1.54, 1.807) is 24.3 Å². The molecule has 0 unspecified atom stereocenters. The number of primary amides is 1. The van der Waals surface area contributed by atoms with Crippen LogP contribution in [0, 0.1) is 0 Å². The Kier molecular flexibility index (Phi) is 4.47. The SMILES string of the molecule is CC(C)(C)c1ccc(S(=O)(=O)Oc2ccccc2C(N)=O)cc1. The van der Waals surface area contributed by atoms with E-state index in [2.05, 4.69) is 0 Å². The Balaban J connectivity index is 2.35. The average Bonchev–Trinajstić information content (AvgIpc) is 2.46.